The fraction of sp³-hybridized carbons (Fsp3) is 0.111. The number of imidazole rings is 1. The topological polar surface area (TPSA) is 41.6 Å². The third-order valence-electron chi connectivity index (χ3n) is 1.59. The third-order valence-corrected chi connectivity index (χ3v) is 1.59. The van der Waals surface area contributed by atoms with E-state index in [0.717, 1.165) is 17.8 Å². The molecule has 0 aliphatic heterocycles. The number of hydrogen-bond donors (Lipinski definition) is 1. The Hall–Kier alpha value is -1.64. The molecule has 2 rings (SSSR count). The third kappa shape index (κ3) is 1.50. The van der Waals surface area contributed by atoms with E-state index in [1.54, 1.807) is 6.20 Å². The number of nitrogens with zero attached hydrogens (tertiary/aromatic N) is 2. The van der Waals surface area contributed by atoms with Gasteiger partial charge in [0.25, 0.3) is 0 Å². The zero-order valence-corrected chi connectivity index (χ0v) is 6.49. The monoisotopic (exact) mass is 158 g/mol. The maximum absolute atomic E-state index is 4.19. The van der Waals surface area contributed by atoms with Crippen molar-refractivity contribution in [2.45, 2.75) is 6.42 Å². The van der Waals surface area contributed by atoms with Crippen LogP contribution in [-0.2, 0) is 6.42 Å². The minimum atomic E-state index is 0.765. The lowest BCUT2D eigenvalue weighted by Crippen LogP contribution is -1.90. The van der Waals surface area contributed by atoms with Crippen molar-refractivity contribution in [3.8, 4) is 0 Å². The highest BCUT2D eigenvalue weighted by atomic mass is 14.9. The van der Waals surface area contributed by atoms with E-state index in [4.69, 9.17) is 0 Å². The van der Waals surface area contributed by atoms with Gasteiger partial charge < -0.3 is 4.98 Å². The van der Waals surface area contributed by atoms with Gasteiger partial charge in [0.2, 0.25) is 0 Å². The van der Waals surface area contributed by atoms with Crippen LogP contribution in [0.25, 0.3) is 0 Å². The van der Waals surface area contributed by atoms with Gasteiger partial charge in [-0.25, -0.2) is 4.98 Å². The van der Waals surface area contributed by atoms with Crippen LogP contribution in [0.3, 0.4) is 0 Å². The van der Waals surface area contributed by atoms with Crippen LogP contribution in [0, 0.1) is 6.33 Å². The first-order valence-corrected chi connectivity index (χ1v) is 3.75. The summed E-state index contributed by atoms with van der Waals surface area (Å²) in [6.45, 7) is 0. The van der Waals surface area contributed by atoms with Crippen molar-refractivity contribution in [2.24, 2.45) is 0 Å². The van der Waals surface area contributed by atoms with Gasteiger partial charge in [-0.15, -0.1) is 0 Å². The van der Waals surface area contributed by atoms with Crippen molar-refractivity contribution >= 4 is 0 Å². The average molecular weight is 158 g/mol. The fourth-order valence-electron chi connectivity index (χ4n) is 1.03. The summed E-state index contributed by atoms with van der Waals surface area (Å²) in [6, 6.07) is 5.85. The first-order chi connectivity index (χ1) is 5.95. The van der Waals surface area contributed by atoms with E-state index in [-0.39, 0.29) is 0 Å². The van der Waals surface area contributed by atoms with Gasteiger partial charge in [-0.3, -0.25) is 4.98 Å². The molecule has 1 N–H and O–H groups in total. The minimum absolute atomic E-state index is 0.765. The van der Waals surface area contributed by atoms with Crippen molar-refractivity contribution in [1.82, 2.24) is 15.0 Å². The second-order valence-corrected chi connectivity index (χ2v) is 2.50. The van der Waals surface area contributed by atoms with E-state index in [0.29, 0.717) is 0 Å². The molecule has 1 radical (unpaired) electrons. The number of H-pyrrole nitrogens is 1. The number of nitrogens with one attached hydrogen (secondary N) is 1. The Balaban J connectivity index is 2.15. The summed E-state index contributed by atoms with van der Waals surface area (Å²) < 4.78 is 0. The van der Waals surface area contributed by atoms with Crippen molar-refractivity contribution in [1.29, 1.82) is 0 Å². The van der Waals surface area contributed by atoms with E-state index < -0.39 is 0 Å². The van der Waals surface area contributed by atoms with E-state index >= 15 is 0 Å². The van der Waals surface area contributed by atoms with E-state index in [1.807, 2.05) is 24.4 Å². The second kappa shape index (κ2) is 3.17. The lowest BCUT2D eigenvalue weighted by molar-refractivity contribution is 1.03. The van der Waals surface area contributed by atoms with Gasteiger partial charge in [0, 0.05) is 24.5 Å². The second-order valence-electron chi connectivity index (χ2n) is 2.50. The Bertz CT molecular complexity index is 326. The SMILES string of the molecule is [c]1nc(Cc2ccccn2)c[nH]1. The molecule has 0 aromatic carbocycles. The van der Waals surface area contributed by atoms with Crippen molar-refractivity contribution in [3.05, 3.63) is 48.3 Å². The molecular formula is C9H8N3. The molecule has 2 aromatic heterocycles. The summed E-state index contributed by atoms with van der Waals surface area (Å²) >= 11 is 0. The summed E-state index contributed by atoms with van der Waals surface area (Å²) in [4.78, 5) is 11.0. The minimum Gasteiger partial charge on any atom is -0.342 e. The smallest absolute Gasteiger partial charge is 0.173 e. The Morgan fingerprint density at radius 1 is 1.33 bits per heavy atom. The normalized spacial score (nSPS) is 10.0. The standard InChI is InChI=1S/C9H8N3/c1-2-4-11-8(3-1)5-9-6-10-7-12-9/h1-4,6H,5H2,(H,10,12). The Morgan fingerprint density at radius 3 is 3.00 bits per heavy atom. The zero-order valence-electron chi connectivity index (χ0n) is 6.49. The number of pyridine rings is 1. The maximum atomic E-state index is 4.19. The predicted molar refractivity (Wildman–Crippen MR) is 44.5 cm³/mol. The lowest BCUT2D eigenvalue weighted by atomic mass is 10.2. The maximum Gasteiger partial charge on any atom is 0.173 e. The van der Waals surface area contributed by atoms with Gasteiger partial charge in [-0.1, -0.05) is 6.07 Å². The highest BCUT2D eigenvalue weighted by Gasteiger charge is 1.96. The molecule has 0 aliphatic rings. The highest BCUT2D eigenvalue weighted by molar-refractivity contribution is 5.11. The van der Waals surface area contributed by atoms with Gasteiger partial charge in [-0.05, 0) is 12.1 Å². The summed E-state index contributed by atoms with van der Waals surface area (Å²) in [5, 5.41) is 0. The van der Waals surface area contributed by atoms with Crippen LogP contribution >= 0.6 is 0 Å². The highest BCUT2D eigenvalue weighted by Crippen LogP contribution is 2.01. The molecule has 0 spiro atoms. The molecule has 0 amide bonds. The van der Waals surface area contributed by atoms with Crippen LogP contribution in [0.15, 0.2) is 30.6 Å². The molecule has 2 aromatic rings. The fourth-order valence-corrected chi connectivity index (χ4v) is 1.03. The van der Waals surface area contributed by atoms with Crippen LogP contribution in [0.2, 0.25) is 0 Å². The molecule has 0 atom stereocenters. The van der Waals surface area contributed by atoms with E-state index in [2.05, 4.69) is 21.3 Å². The zero-order chi connectivity index (χ0) is 8.23. The molecule has 0 unspecified atom stereocenters. The van der Waals surface area contributed by atoms with Crippen molar-refractivity contribution in [3.63, 3.8) is 0 Å². The Morgan fingerprint density at radius 2 is 2.33 bits per heavy atom. The van der Waals surface area contributed by atoms with Gasteiger partial charge in [0.1, 0.15) is 0 Å². The molecule has 0 bridgehead atoms. The first kappa shape index (κ1) is 7.03. The summed E-state index contributed by atoms with van der Waals surface area (Å²) in [7, 11) is 0. The molecule has 59 valence electrons. The van der Waals surface area contributed by atoms with E-state index in [1.165, 1.54) is 0 Å². The van der Waals surface area contributed by atoms with Crippen LogP contribution in [0.1, 0.15) is 11.4 Å². The molecule has 0 saturated carbocycles. The molecule has 12 heavy (non-hydrogen) atoms. The molecule has 0 fully saturated rings. The average Bonchev–Trinajstić information content (AvgIpc) is 2.59. The van der Waals surface area contributed by atoms with Gasteiger partial charge in [0.15, 0.2) is 6.33 Å². The van der Waals surface area contributed by atoms with Crippen LogP contribution in [0.5, 0.6) is 0 Å². The Labute approximate surface area is 70.5 Å². The largest absolute Gasteiger partial charge is 0.342 e. The number of aromatic amines is 1. The number of aromatic nitrogens is 3. The van der Waals surface area contributed by atoms with Crippen LogP contribution in [-0.4, -0.2) is 15.0 Å². The van der Waals surface area contributed by atoms with E-state index in [9.17, 15) is 0 Å². The summed E-state index contributed by atoms with van der Waals surface area (Å²) in [6.07, 6.45) is 7.02. The Kier molecular flexibility index (Phi) is 1.86. The van der Waals surface area contributed by atoms with Crippen molar-refractivity contribution in [2.75, 3.05) is 0 Å². The molecule has 3 heteroatoms. The summed E-state index contributed by atoms with van der Waals surface area (Å²) in [5.74, 6) is 0. The predicted octanol–water partition coefficient (Wildman–Crippen LogP) is 1.20. The van der Waals surface area contributed by atoms with Crippen molar-refractivity contribution < 1.29 is 0 Å². The van der Waals surface area contributed by atoms with Gasteiger partial charge in [-0.2, -0.15) is 0 Å². The lowest BCUT2D eigenvalue weighted by Gasteiger charge is -1.94. The molecule has 3 nitrogen and oxygen atoms in total. The van der Waals surface area contributed by atoms with Gasteiger partial charge >= 0.3 is 0 Å². The van der Waals surface area contributed by atoms with Crippen LogP contribution < -0.4 is 0 Å². The quantitative estimate of drug-likeness (QED) is 0.713. The molecular weight excluding hydrogens is 150 g/mol. The first-order valence-electron chi connectivity index (χ1n) is 3.75. The number of rotatable bonds is 2. The molecule has 2 heterocycles. The molecule has 0 aliphatic carbocycles. The van der Waals surface area contributed by atoms with Gasteiger partial charge in [0.05, 0.1) is 5.69 Å². The molecule has 0 saturated heterocycles. The van der Waals surface area contributed by atoms with Crippen LogP contribution in [0.4, 0.5) is 0 Å². The number of hydrogen-bond acceptors (Lipinski definition) is 2. The summed E-state index contributed by atoms with van der Waals surface area (Å²) in [5.41, 5.74) is 1.99.